The maximum atomic E-state index is 11.8. The van der Waals surface area contributed by atoms with Gasteiger partial charge in [-0.2, -0.15) is 5.26 Å². The molecule has 0 aliphatic carbocycles. The Bertz CT molecular complexity index is 524. The van der Waals surface area contributed by atoms with Gasteiger partial charge in [0.1, 0.15) is 18.2 Å². The van der Waals surface area contributed by atoms with Crippen LogP contribution in [0, 0.1) is 18.3 Å². The molecule has 0 bridgehead atoms. The van der Waals surface area contributed by atoms with Crippen LogP contribution in [-0.2, 0) is 11.3 Å². The van der Waals surface area contributed by atoms with E-state index in [1.165, 1.54) is 10.6 Å². The van der Waals surface area contributed by atoms with Crippen LogP contribution in [0.4, 0.5) is 0 Å². The summed E-state index contributed by atoms with van der Waals surface area (Å²) in [6, 6.07) is 4.96. The van der Waals surface area contributed by atoms with Crippen molar-refractivity contribution in [3.05, 3.63) is 33.7 Å². The second kappa shape index (κ2) is 5.30. The van der Waals surface area contributed by atoms with Crippen LogP contribution in [0.3, 0.4) is 0 Å². The number of aryl methyl sites for hydroxylation is 1. The van der Waals surface area contributed by atoms with Crippen LogP contribution < -0.4 is 10.9 Å². The highest BCUT2D eigenvalue weighted by Crippen LogP contribution is 1.97. The molecule has 0 aromatic carbocycles. The summed E-state index contributed by atoms with van der Waals surface area (Å²) in [5.41, 5.74) is 0.284. The van der Waals surface area contributed by atoms with Crippen molar-refractivity contribution in [3.8, 4) is 6.07 Å². The van der Waals surface area contributed by atoms with E-state index >= 15 is 0 Å². The molecule has 0 fully saturated rings. The lowest BCUT2D eigenvalue weighted by atomic mass is 10.2. The largest absolute Gasteiger partial charge is 0.352 e. The molecule has 1 amide bonds. The second-order valence-corrected chi connectivity index (χ2v) is 4.11. The highest BCUT2D eigenvalue weighted by Gasteiger charge is 2.10. The van der Waals surface area contributed by atoms with Crippen molar-refractivity contribution in [3.63, 3.8) is 0 Å². The van der Waals surface area contributed by atoms with Gasteiger partial charge in [0.15, 0.2) is 0 Å². The van der Waals surface area contributed by atoms with Gasteiger partial charge < -0.3 is 9.88 Å². The number of rotatable bonds is 3. The van der Waals surface area contributed by atoms with Crippen molar-refractivity contribution in [1.29, 1.82) is 5.26 Å². The summed E-state index contributed by atoms with van der Waals surface area (Å²) in [7, 11) is 0. The highest BCUT2D eigenvalue weighted by molar-refractivity contribution is 5.76. The molecule has 0 spiro atoms. The molecule has 1 rings (SSSR count). The summed E-state index contributed by atoms with van der Waals surface area (Å²) in [5, 5.41) is 11.5. The Morgan fingerprint density at radius 3 is 2.71 bits per heavy atom. The van der Waals surface area contributed by atoms with Crippen LogP contribution in [0.1, 0.15) is 25.1 Å². The Hall–Kier alpha value is -2.09. The van der Waals surface area contributed by atoms with Gasteiger partial charge in [-0.05, 0) is 32.9 Å². The van der Waals surface area contributed by atoms with Crippen molar-refractivity contribution in [2.75, 3.05) is 0 Å². The molecule has 5 nitrogen and oxygen atoms in total. The first kappa shape index (κ1) is 13.0. The summed E-state index contributed by atoms with van der Waals surface area (Å²) >= 11 is 0. The maximum Gasteiger partial charge on any atom is 0.269 e. The normalized spacial score (nSPS) is 10.1. The summed E-state index contributed by atoms with van der Waals surface area (Å²) in [4.78, 5) is 23.4. The van der Waals surface area contributed by atoms with Gasteiger partial charge in [-0.15, -0.1) is 0 Å². The molecule has 1 heterocycles. The van der Waals surface area contributed by atoms with Crippen LogP contribution in [0.25, 0.3) is 0 Å². The van der Waals surface area contributed by atoms with Crippen molar-refractivity contribution in [2.24, 2.45) is 0 Å². The van der Waals surface area contributed by atoms with Gasteiger partial charge >= 0.3 is 0 Å². The number of amides is 1. The zero-order valence-corrected chi connectivity index (χ0v) is 10.2. The van der Waals surface area contributed by atoms with Crippen molar-refractivity contribution in [2.45, 2.75) is 33.4 Å². The van der Waals surface area contributed by atoms with Gasteiger partial charge in [-0.3, -0.25) is 9.59 Å². The second-order valence-electron chi connectivity index (χ2n) is 4.11. The molecule has 1 aromatic rings. The van der Waals surface area contributed by atoms with E-state index in [0.717, 1.165) is 0 Å². The number of nitrogens with zero attached hydrogens (tertiary/aromatic N) is 2. The minimum atomic E-state index is -0.425. The molecule has 5 heteroatoms. The quantitative estimate of drug-likeness (QED) is 0.828. The lowest BCUT2D eigenvalue weighted by Gasteiger charge is -2.12. The van der Waals surface area contributed by atoms with Crippen LogP contribution in [0.15, 0.2) is 16.9 Å². The number of pyridine rings is 1. The monoisotopic (exact) mass is 233 g/mol. The summed E-state index contributed by atoms with van der Waals surface area (Å²) in [6.45, 7) is 5.36. The van der Waals surface area contributed by atoms with E-state index in [9.17, 15) is 9.59 Å². The van der Waals surface area contributed by atoms with Gasteiger partial charge in [0, 0.05) is 11.7 Å². The van der Waals surface area contributed by atoms with Crippen LogP contribution in [0.5, 0.6) is 0 Å². The van der Waals surface area contributed by atoms with Crippen molar-refractivity contribution >= 4 is 5.91 Å². The van der Waals surface area contributed by atoms with Gasteiger partial charge in [-0.25, -0.2) is 0 Å². The summed E-state index contributed by atoms with van der Waals surface area (Å²) in [5.74, 6) is -0.236. The van der Waals surface area contributed by atoms with E-state index in [1.807, 2.05) is 19.9 Å². The maximum absolute atomic E-state index is 11.8. The fourth-order valence-electron chi connectivity index (χ4n) is 1.46. The van der Waals surface area contributed by atoms with Crippen molar-refractivity contribution < 1.29 is 4.79 Å². The average molecular weight is 233 g/mol. The third-order valence-corrected chi connectivity index (χ3v) is 2.26. The zero-order valence-electron chi connectivity index (χ0n) is 10.2. The van der Waals surface area contributed by atoms with Gasteiger partial charge in [-0.1, -0.05) is 0 Å². The molecule has 1 aromatic heterocycles. The number of carbonyl (C=O) groups excluding carboxylic acids is 1. The Kier molecular flexibility index (Phi) is 4.05. The summed E-state index contributed by atoms with van der Waals surface area (Å²) < 4.78 is 1.30. The van der Waals surface area contributed by atoms with Crippen LogP contribution >= 0.6 is 0 Å². The molecule has 0 atom stereocenters. The number of nitriles is 1. The highest BCUT2D eigenvalue weighted by atomic mass is 16.2. The Morgan fingerprint density at radius 2 is 2.18 bits per heavy atom. The Balaban J connectivity index is 3.03. The molecule has 90 valence electrons. The lowest BCUT2D eigenvalue weighted by molar-refractivity contribution is -0.122. The van der Waals surface area contributed by atoms with Crippen molar-refractivity contribution in [1.82, 2.24) is 9.88 Å². The third-order valence-electron chi connectivity index (χ3n) is 2.26. The molecule has 0 aliphatic heterocycles. The van der Waals surface area contributed by atoms with Crippen LogP contribution in [0.2, 0.25) is 0 Å². The fraction of sp³-hybridized carbons (Fsp3) is 0.417. The van der Waals surface area contributed by atoms with E-state index in [1.54, 1.807) is 13.0 Å². The number of carbonyl (C=O) groups is 1. The fourth-order valence-corrected chi connectivity index (χ4v) is 1.46. The zero-order chi connectivity index (χ0) is 13.0. The number of hydrogen-bond donors (Lipinski definition) is 1. The molecule has 1 N–H and O–H groups in total. The average Bonchev–Trinajstić information content (AvgIpc) is 2.23. The first-order valence-electron chi connectivity index (χ1n) is 5.35. The number of nitrogens with one attached hydrogen (secondary N) is 1. The molecule has 0 saturated carbocycles. The lowest BCUT2D eigenvalue weighted by Crippen LogP contribution is -2.37. The third kappa shape index (κ3) is 3.18. The Morgan fingerprint density at radius 1 is 1.53 bits per heavy atom. The predicted octanol–water partition coefficient (Wildman–Crippen LogP) is 0.553. The Labute approximate surface area is 99.7 Å². The molecule has 0 aliphatic rings. The molecular weight excluding hydrogens is 218 g/mol. The van der Waals surface area contributed by atoms with Gasteiger partial charge in [0.05, 0.1) is 0 Å². The molecule has 17 heavy (non-hydrogen) atoms. The molecule has 0 unspecified atom stereocenters. The number of aromatic nitrogens is 1. The molecule has 0 saturated heterocycles. The standard InChI is InChI=1S/C12H15N3O2/c1-8(2)14-11(16)7-15-9(3)4-5-10(6-13)12(15)17/h4-5,8H,7H2,1-3H3,(H,14,16). The van der Waals surface area contributed by atoms with E-state index in [4.69, 9.17) is 5.26 Å². The first-order valence-corrected chi connectivity index (χ1v) is 5.35. The van der Waals surface area contributed by atoms with Gasteiger partial charge in [0.2, 0.25) is 5.91 Å². The minimum Gasteiger partial charge on any atom is -0.352 e. The van der Waals surface area contributed by atoms with Gasteiger partial charge in [0.25, 0.3) is 5.56 Å². The number of hydrogen-bond acceptors (Lipinski definition) is 3. The van der Waals surface area contributed by atoms with E-state index in [2.05, 4.69) is 5.32 Å². The van der Waals surface area contributed by atoms with E-state index in [0.29, 0.717) is 5.69 Å². The van der Waals surface area contributed by atoms with Crippen LogP contribution in [-0.4, -0.2) is 16.5 Å². The molecule has 0 radical (unpaired) electrons. The predicted molar refractivity (Wildman–Crippen MR) is 63.4 cm³/mol. The smallest absolute Gasteiger partial charge is 0.269 e. The first-order chi connectivity index (χ1) is 7.95. The van der Waals surface area contributed by atoms with E-state index < -0.39 is 5.56 Å². The topological polar surface area (TPSA) is 74.9 Å². The minimum absolute atomic E-state index is 0.0256. The van der Waals surface area contributed by atoms with E-state index in [-0.39, 0.29) is 24.1 Å². The summed E-state index contributed by atoms with van der Waals surface area (Å²) in [6.07, 6.45) is 0. The SMILES string of the molecule is Cc1ccc(C#N)c(=O)n1CC(=O)NC(C)C. The molecular formula is C12H15N3O2.